The van der Waals surface area contributed by atoms with Crippen LogP contribution in [-0.4, -0.2) is 42.0 Å². The number of hydrogen-bond acceptors (Lipinski definition) is 12. The molecule has 15 nitrogen and oxygen atoms in total. The third-order valence-electron chi connectivity index (χ3n) is 4.59. The largest absolute Gasteiger partial charge is 0.495 e. The van der Waals surface area contributed by atoms with Crippen LogP contribution in [0.5, 0.6) is 5.75 Å². The Labute approximate surface area is 214 Å². The second kappa shape index (κ2) is 12.8. The van der Waals surface area contributed by atoms with Gasteiger partial charge in [-0.05, 0) is 13.0 Å². The molecule has 194 valence electrons. The molecule has 0 aliphatic carbocycles. The van der Waals surface area contributed by atoms with Crippen LogP contribution in [0.4, 0.5) is 34.1 Å². The van der Waals surface area contributed by atoms with E-state index >= 15 is 0 Å². The van der Waals surface area contributed by atoms with Crippen molar-refractivity contribution >= 4 is 57.9 Å². The topological polar surface area (TPSA) is 192 Å². The number of nitrogens with one attached hydrogen (secondary N) is 2. The maximum Gasteiger partial charge on any atom is 0.307 e. The molecule has 0 bridgehead atoms. The molecule has 0 saturated carbocycles. The molecular formula is C21H21N7O8S. The number of hydrogen-bond donors (Lipinski definition) is 2. The third kappa shape index (κ3) is 7.60. The zero-order chi connectivity index (χ0) is 27.7. The van der Waals surface area contributed by atoms with E-state index < -0.39 is 33.1 Å². The monoisotopic (exact) mass is 531 g/mol. The normalized spacial score (nSPS) is 11.3. The first-order valence-corrected chi connectivity index (χ1v) is 11.0. The van der Waals surface area contributed by atoms with Crippen LogP contribution in [0.2, 0.25) is 0 Å². The molecule has 0 aliphatic rings. The van der Waals surface area contributed by atoms with E-state index in [9.17, 15) is 29.8 Å². The maximum atomic E-state index is 11.8. The lowest BCUT2D eigenvalue weighted by atomic mass is 10.1. The molecule has 0 spiro atoms. The number of methoxy groups -OCH3 is 2. The second-order valence-corrected chi connectivity index (χ2v) is 8.09. The third-order valence-corrected chi connectivity index (χ3v) is 5.20. The first-order chi connectivity index (χ1) is 17.5. The minimum absolute atomic E-state index is 0.0465. The van der Waals surface area contributed by atoms with Gasteiger partial charge in [0.1, 0.15) is 11.4 Å². The summed E-state index contributed by atoms with van der Waals surface area (Å²) in [5.74, 6) is -0.638. The molecule has 2 aromatic carbocycles. The molecular weight excluding hydrogens is 510 g/mol. The molecule has 2 aromatic rings. The number of ether oxygens (including phenoxy) is 2. The Morgan fingerprint density at radius 3 is 2.27 bits per heavy atom. The van der Waals surface area contributed by atoms with E-state index in [1.54, 1.807) is 6.92 Å². The highest BCUT2D eigenvalue weighted by molar-refractivity contribution is 8.01. The molecule has 0 aromatic heterocycles. The van der Waals surface area contributed by atoms with E-state index in [-0.39, 0.29) is 40.2 Å². The number of azo groups is 1. The molecule has 0 heterocycles. The van der Waals surface area contributed by atoms with Crippen molar-refractivity contribution < 1.29 is 28.9 Å². The van der Waals surface area contributed by atoms with Crippen molar-refractivity contribution in [3.63, 3.8) is 0 Å². The van der Waals surface area contributed by atoms with Crippen LogP contribution in [0.15, 0.2) is 39.4 Å². The Morgan fingerprint density at radius 1 is 1.08 bits per heavy atom. The summed E-state index contributed by atoms with van der Waals surface area (Å²) < 4.78 is 13.1. The Morgan fingerprint density at radius 2 is 1.73 bits per heavy atom. The Bertz CT molecular complexity index is 1310. The number of rotatable bonds is 11. The highest BCUT2D eigenvalue weighted by Gasteiger charge is 2.27. The van der Waals surface area contributed by atoms with Gasteiger partial charge in [0.05, 0.1) is 47.9 Å². The van der Waals surface area contributed by atoms with Gasteiger partial charge < -0.3 is 20.1 Å². The van der Waals surface area contributed by atoms with Crippen LogP contribution >= 0.6 is 11.9 Å². The van der Waals surface area contributed by atoms with Gasteiger partial charge >= 0.3 is 23.6 Å². The molecule has 2 N–H and O–H groups in total. The predicted molar refractivity (Wildman–Crippen MR) is 133 cm³/mol. The number of benzene rings is 2. The van der Waals surface area contributed by atoms with Crippen LogP contribution in [0.1, 0.15) is 20.3 Å². The standard InChI is InChI=1S/C21H21N7O8S/c1-11(6-21(30)36-5)23-16-7-13(24-12(2)29)14(8-19(16)35-4)25-26-15-9-20(37-22-3)18(28(33)34)10-17(15)27(31)32/h7-11,23H,6H2,1-2,4-5H3,(H,24,29). The fraction of sp³-hybridized carbons (Fsp3) is 0.286. The summed E-state index contributed by atoms with van der Waals surface area (Å²) in [7, 11) is 2.64. The lowest BCUT2D eigenvalue weighted by Crippen LogP contribution is -2.20. The van der Waals surface area contributed by atoms with E-state index in [4.69, 9.17) is 11.3 Å². The molecule has 16 heteroatoms. The van der Waals surface area contributed by atoms with Gasteiger partial charge in [0, 0.05) is 25.1 Å². The lowest BCUT2D eigenvalue weighted by molar-refractivity contribution is -0.395. The fourth-order valence-electron chi connectivity index (χ4n) is 3.02. The number of nitro groups is 2. The number of carbonyl (C=O) groups excluding carboxylic acids is 2. The zero-order valence-corrected chi connectivity index (χ0v) is 20.8. The number of nitrogens with zero attached hydrogens (tertiary/aromatic N) is 5. The SMILES string of the molecule is [C-]#[N+]Sc1cc(N=Nc2cc(OC)c(NC(C)CC(=O)OC)cc2NC(C)=O)c([N+](=O)[O-])cc1[N+](=O)[O-]. The van der Waals surface area contributed by atoms with Gasteiger partial charge in [0.15, 0.2) is 10.6 Å². The van der Waals surface area contributed by atoms with Gasteiger partial charge in [-0.1, -0.05) is 0 Å². The first-order valence-electron chi connectivity index (χ1n) is 10.3. The van der Waals surface area contributed by atoms with Gasteiger partial charge in [0.2, 0.25) is 5.91 Å². The Kier molecular flexibility index (Phi) is 9.83. The maximum absolute atomic E-state index is 11.8. The summed E-state index contributed by atoms with van der Waals surface area (Å²) in [6.45, 7) is 9.96. The zero-order valence-electron chi connectivity index (χ0n) is 20.0. The average molecular weight is 532 g/mol. The summed E-state index contributed by atoms with van der Waals surface area (Å²) in [5.41, 5.74) is -1.06. The van der Waals surface area contributed by atoms with Crippen molar-refractivity contribution in [2.75, 3.05) is 24.9 Å². The molecule has 0 saturated heterocycles. The summed E-state index contributed by atoms with van der Waals surface area (Å²) >= 11 is 0.425. The number of carbonyl (C=O) groups is 2. The second-order valence-electron chi connectivity index (χ2n) is 7.28. The highest BCUT2D eigenvalue weighted by Crippen LogP contribution is 2.42. The Hall–Kier alpha value is -4.78. The number of amides is 1. The van der Waals surface area contributed by atoms with Crippen molar-refractivity contribution in [2.24, 2.45) is 10.2 Å². The van der Waals surface area contributed by atoms with Crippen molar-refractivity contribution in [2.45, 2.75) is 31.2 Å². The first kappa shape index (κ1) is 28.5. The number of anilines is 2. The molecule has 2 rings (SSSR count). The molecule has 0 fully saturated rings. The lowest BCUT2D eigenvalue weighted by Gasteiger charge is -2.18. The predicted octanol–water partition coefficient (Wildman–Crippen LogP) is 5.18. The molecule has 0 radical (unpaired) electrons. The van der Waals surface area contributed by atoms with Crippen LogP contribution < -0.4 is 15.4 Å². The molecule has 1 atom stereocenters. The molecule has 37 heavy (non-hydrogen) atoms. The van der Waals surface area contributed by atoms with E-state index in [1.165, 1.54) is 33.3 Å². The van der Waals surface area contributed by atoms with Gasteiger partial charge in [-0.3, -0.25) is 29.8 Å². The number of esters is 1. The van der Waals surface area contributed by atoms with E-state index in [0.29, 0.717) is 23.7 Å². The van der Waals surface area contributed by atoms with E-state index in [1.807, 2.05) is 0 Å². The molecule has 0 aliphatic heterocycles. The summed E-state index contributed by atoms with van der Waals surface area (Å²) in [4.78, 5) is 44.3. The quantitative estimate of drug-likeness (QED) is 0.0975. The van der Waals surface area contributed by atoms with Crippen LogP contribution in [0, 0.1) is 26.8 Å². The van der Waals surface area contributed by atoms with Crippen molar-refractivity contribution in [1.82, 2.24) is 0 Å². The van der Waals surface area contributed by atoms with Gasteiger partial charge in [-0.15, -0.1) is 10.2 Å². The average Bonchev–Trinajstić information content (AvgIpc) is 2.82. The van der Waals surface area contributed by atoms with Crippen LogP contribution in [-0.2, 0) is 14.3 Å². The fourth-order valence-corrected chi connectivity index (χ4v) is 3.51. The van der Waals surface area contributed by atoms with Crippen molar-refractivity contribution in [1.29, 1.82) is 0 Å². The molecule has 1 unspecified atom stereocenters. The van der Waals surface area contributed by atoms with E-state index in [2.05, 4.69) is 29.8 Å². The Balaban J connectivity index is 2.60. The van der Waals surface area contributed by atoms with Gasteiger partial charge in [0.25, 0.3) is 5.69 Å². The minimum atomic E-state index is -0.862. The summed E-state index contributed by atoms with van der Waals surface area (Å²) in [6, 6.07) is 4.22. The smallest absolute Gasteiger partial charge is 0.307 e. The molecule has 1 amide bonds. The van der Waals surface area contributed by atoms with Gasteiger partial charge in [-0.2, -0.15) is 0 Å². The van der Waals surface area contributed by atoms with Crippen molar-refractivity contribution in [3.05, 3.63) is 55.3 Å². The van der Waals surface area contributed by atoms with Gasteiger partial charge in [-0.25, -0.2) is 10.8 Å². The number of nitro benzene ring substituents is 2. The van der Waals surface area contributed by atoms with Crippen LogP contribution in [0.3, 0.4) is 0 Å². The van der Waals surface area contributed by atoms with Crippen LogP contribution in [0.25, 0.3) is 4.25 Å². The van der Waals surface area contributed by atoms with Crippen molar-refractivity contribution in [3.8, 4) is 5.75 Å². The highest BCUT2D eigenvalue weighted by atomic mass is 32.2. The summed E-state index contributed by atoms with van der Waals surface area (Å²) in [5, 5.41) is 36.4. The summed E-state index contributed by atoms with van der Waals surface area (Å²) in [6.07, 6.45) is 0.0470. The van der Waals surface area contributed by atoms with E-state index in [0.717, 1.165) is 6.07 Å². The minimum Gasteiger partial charge on any atom is -0.495 e.